The zero-order valence-corrected chi connectivity index (χ0v) is 13.8. The lowest BCUT2D eigenvalue weighted by Crippen LogP contribution is -2.07. The molecule has 1 N–H and O–H groups in total. The molecule has 23 heavy (non-hydrogen) atoms. The molecule has 0 saturated heterocycles. The molecule has 5 nitrogen and oxygen atoms in total. The average molecular weight is 309 g/mol. The molecule has 1 atom stereocenters. The highest BCUT2D eigenvalue weighted by Crippen LogP contribution is 2.21. The van der Waals surface area contributed by atoms with Crippen LogP contribution in [-0.4, -0.2) is 19.6 Å². The summed E-state index contributed by atoms with van der Waals surface area (Å²) in [5.74, 6) is 0. The number of benzene rings is 1. The third kappa shape index (κ3) is 3.80. The summed E-state index contributed by atoms with van der Waals surface area (Å²) in [5, 5.41) is 12.2. The number of nitrogens with zero attached hydrogens (tertiary/aromatic N) is 4. The Bertz CT molecular complexity index is 742. The van der Waals surface area contributed by atoms with Crippen molar-refractivity contribution < 1.29 is 0 Å². The molecule has 0 fully saturated rings. The fraction of sp³-hybridized carbons (Fsp3) is 0.333. The molecule has 1 unspecified atom stereocenters. The van der Waals surface area contributed by atoms with E-state index in [1.165, 1.54) is 11.1 Å². The minimum atomic E-state index is 0.211. The summed E-state index contributed by atoms with van der Waals surface area (Å²) in [5.41, 5.74) is 3.53. The highest BCUT2D eigenvalue weighted by atomic mass is 15.3. The van der Waals surface area contributed by atoms with Gasteiger partial charge in [0.15, 0.2) is 0 Å². The van der Waals surface area contributed by atoms with Gasteiger partial charge in [-0.05, 0) is 44.5 Å². The van der Waals surface area contributed by atoms with Crippen LogP contribution in [0.25, 0.3) is 0 Å². The quantitative estimate of drug-likeness (QED) is 0.751. The van der Waals surface area contributed by atoms with E-state index < -0.39 is 0 Å². The van der Waals surface area contributed by atoms with Crippen LogP contribution in [0, 0.1) is 0 Å². The molecule has 2 aromatic heterocycles. The lowest BCUT2D eigenvalue weighted by molar-refractivity contribution is 0.532. The number of hydrogen-bond donors (Lipinski definition) is 1. The molecule has 0 amide bonds. The molecular formula is C18H23N5. The van der Waals surface area contributed by atoms with Gasteiger partial charge >= 0.3 is 0 Å². The Balaban J connectivity index is 1.69. The number of nitrogens with one attached hydrogen (secondary N) is 1. The second-order valence-corrected chi connectivity index (χ2v) is 6.12. The van der Waals surface area contributed by atoms with Crippen molar-refractivity contribution in [2.75, 3.05) is 5.32 Å². The molecule has 3 aromatic rings. The standard InChI is InChI=1S/C18H23N5/c1-14(2)23-13-17(11-20-23)15(3)21-18-7-4-6-16(10-18)12-22-9-5-8-19-22/h4-11,13-15,21H,12H2,1-3H3. The Kier molecular flexibility index (Phi) is 4.46. The Labute approximate surface area is 136 Å². The summed E-state index contributed by atoms with van der Waals surface area (Å²) in [6.45, 7) is 7.20. The smallest absolute Gasteiger partial charge is 0.0660 e. The molecular weight excluding hydrogens is 286 g/mol. The van der Waals surface area contributed by atoms with Gasteiger partial charge in [0.1, 0.15) is 0 Å². The number of rotatable bonds is 6. The molecule has 1 aromatic carbocycles. The van der Waals surface area contributed by atoms with E-state index in [1.54, 1.807) is 6.20 Å². The van der Waals surface area contributed by atoms with Crippen LogP contribution in [0.15, 0.2) is 55.1 Å². The highest BCUT2D eigenvalue weighted by Gasteiger charge is 2.09. The molecule has 5 heteroatoms. The van der Waals surface area contributed by atoms with Crippen LogP contribution in [0.5, 0.6) is 0 Å². The minimum Gasteiger partial charge on any atom is -0.378 e. The van der Waals surface area contributed by atoms with Crippen LogP contribution < -0.4 is 5.32 Å². The minimum absolute atomic E-state index is 0.211. The molecule has 120 valence electrons. The van der Waals surface area contributed by atoms with Gasteiger partial charge < -0.3 is 5.32 Å². The van der Waals surface area contributed by atoms with Crippen molar-refractivity contribution in [2.45, 2.75) is 39.4 Å². The normalized spacial score (nSPS) is 12.5. The fourth-order valence-corrected chi connectivity index (χ4v) is 2.53. The van der Waals surface area contributed by atoms with Gasteiger partial charge in [-0.25, -0.2) is 0 Å². The van der Waals surface area contributed by atoms with Gasteiger partial charge in [0.05, 0.1) is 18.8 Å². The summed E-state index contributed by atoms with van der Waals surface area (Å²) < 4.78 is 3.91. The van der Waals surface area contributed by atoms with E-state index in [0.29, 0.717) is 6.04 Å². The lowest BCUT2D eigenvalue weighted by Gasteiger charge is -2.15. The first kappa shape index (κ1) is 15.3. The van der Waals surface area contributed by atoms with E-state index in [2.05, 4.69) is 66.7 Å². The van der Waals surface area contributed by atoms with Gasteiger partial charge in [0.25, 0.3) is 0 Å². The van der Waals surface area contributed by atoms with Crippen molar-refractivity contribution >= 4 is 5.69 Å². The predicted octanol–water partition coefficient (Wildman–Crippen LogP) is 3.88. The predicted molar refractivity (Wildman–Crippen MR) is 92.4 cm³/mol. The largest absolute Gasteiger partial charge is 0.378 e. The summed E-state index contributed by atoms with van der Waals surface area (Å²) in [7, 11) is 0. The van der Waals surface area contributed by atoms with Gasteiger partial charge in [0, 0.05) is 35.9 Å². The van der Waals surface area contributed by atoms with Crippen LogP contribution in [0.3, 0.4) is 0 Å². The van der Waals surface area contributed by atoms with Crippen molar-refractivity contribution in [1.29, 1.82) is 0 Å². The second kappa shape index (κ2) is 6.69. The van der Waals surface area contributed by atoms with Gasteiger partial charge in [-0.3, -0.25) is 9.36 Å². The first-order valence-corrected chi connectivity index (χ1v) is 7.99. The van der Waals surface area contributed by atoms with E-state index in [4.69, 9.17) is 0 Å². The molecule has 0 radical (unpaired) electrons. The summed E-state index contributed by atoms with van der Waals surface area (Å²) in [6, 6.07) is 11.0. The molecule has 2 heterocycles. The van der Waals surface area contributed by atoms with E-state index in [-0.39, 0.29) is 6.04 Å². The fourth-order valence-electron chi connectivity index (χ4n) is 2.53. The Morgan fingerprint density at radius 1 is 1.13 bits per heavy atom. The first-order valence-electron chi connectivity index (χ1n) is 7.99. The Hall–Kier alpha value is -2.56. The van der Waals surface area contributed by atoms with Crippen molar-refractivity contribution in [1.82, 2.24) is 19.6 Å². The van der Waals surface area contributed by atoms with E-state index in [1.807, 2.05) is 27.8 Å². The molecule has 0 aliphatic rings. The van der Waals surface area contributed by atoms with Gasteiger partial charge in [0.2, 0.25) is 0 Å². The summed E-state index contributed by atoms with van der Waals surface area (Å²) in [6.07, 6.45) is 7.82. The SMILES string of the molecule is CC(Nc1cccc(Cn2cccn2)c1)c1cnn(C(C)C)c1. The highest BCUT2D eigenvalue weighted by molar-refractivity contribution is 5.47. The third-order valence-electron chi connectivity index (χ3n) is 3.86. The molecule has 0 spiro atoms. The maximum absolute atomic E-state index is 4.41. The number of anilines is 1. The molecule has 0 aliphatic heterocycles. The summed E-state index contributed by atoms with van der Waals surface area (Å²) >= 11 is 0. The molecule has 3 rings (SSSR count). The maximum Gasteiger partial charge on any atom is 0.0660 e. The lowest BCUT2D eigenvalue weighted by atomic mass is 10.1. The van der Waals surface area contributed by atoms with Gasteiger partial charge in [-0.2, -0.15) is 10.2 Å². The monoisotopic (exact) mass is 309 g/mol. The Morgan fingerprint density at radius 2 is 2.00 bits per heavy atom. The second-order valence-electron chi connectivity index (χ2n) is 6.12. The topological polar surface area (TPSA) is 47.7 Å². The first-order chi connectivity index (χ1) is 11.1. The van der Waals surface area contributed by atoms with Gasteiger partial charge in [-0.15, -0.1) is 0 Å². The average Bonchev–Trinajstić information content (AvgIpc) is 3.18. The zero-order valence-electron chi connectivity index (χ0n) is 13.8. The van der Waals surface area contributed by atoms with E-state index in [9.17, 15) is 0 Å². The number of aromatic nitrogens is 4. The zero-order chi connectivity index (χ0) is 16.2. The van der Waals surface area contributed by atoms with Crippen molar-refractivity contribution in [2.24, 2.45) is 0 Å². The van der Waals surface area contributed by atoms with Crippen molar-refractivity contribution in [3.05, 3.63) is 66.2 Å². The Morgan fingerprint density at radius 3 is 2.70 bits per heavy atom. The van der Waals surface area contributed by atoms with Crippen LogP contribution in [0.1, 0.15) is 44.0 Å². The summed E-state index contributed by atoms with van der Waals surface area (Å²) in [4.78, 5) is 0. The molecule has 0 saturated carbocycles. The van der Waals surface area contributed by atoms with Crippen LogP contribution >= 0.6 is 0 Å². The number of hydrogen-bond acceptors (Lipinski definition) is 3. The van der Waals surface area contributed by atoms with Gasteiger partial charge in [-0.1, -0.05) is 12.1 Å². The molecule has 0 aliphatic carbocycles. The van der Waals surface area contributed by atoms with E-state index >= 15 is 0 Å². The van der Waals surface area contributed by atoms with Crippen LogP contribution in [0.2, 0.25) is 0 Å². The van der Waals surface area contributed by atoms with Crippen molar-refractivity contribution in [3.8, 4) is 0 Å². The third-order valence-corrected chi connectivity index (χ3v) is 3.86. The maximum atomic E-state index is 4.41. The van der Waals surface area contributed by atoms with Crippen LogP contribution in [0.4, 0.5) is 5.69 Å². The van der Waals surface area contributed by atoms with Crippen molar-refractivity contribution in [3.63, 3.8) is 0 Å². The van der Waals surface area contributed by atoms with E-state index in [0.717, 1.165) is 12.2 Å². The van der Waals surface area contributed by atoms with Crippen LogP contribution in [-0.2, 0) is 6.54 Å². The molecule has 0 bridgehead atoms.